The van der Waals surface area contributed by atoms with Crippen LogP contribution in [0.1, 0.15) is 28.8 Å². The lowest BCUT2D eigenvalue weighted by Gasteiger charge is -2.15. The topological polar surface area (TPSA) is 49.4 Å². The smallest absolute Gasteiger partial charge is 0.253 e. The Morgan fingerprint density at radius 3 is 2.56 bits per heavy atom. The summed E-state index contributed by atoms with van der Waals surface area (Å²) in [6, 6.07) is 14.3. The molecule has 0 bridgehead atoms. The standard InChI is InChI=1S/C20H19ClN2O2/c21-17-7-3-5-15(13-17)9-10-19(24)22-18-8-4-6-16(14-18)20(25)23-11-1-2-12-23/h3-10,13-14H,1-2,11-12H2,(H,22,24)/b10-9+. The third-order valence-corrected chi connectivity index (χ3v) is 4.28. The van der Waals surface area contributed by atoms with Crippen LogP contribution < -0.4 is 5.32 Å². The van der Waals surface area contributed by atoms with Crippen molar-refractivity contribution in [3.8, 4) is 0 Å². The number of rotatable bonds is 4. The number of hydrogen-bond acceptors (Lipinski definition) is 2. The van der Waals surface area contributed by atoms with E-state index in [0.717, 1.165) is 31.5 Å². The number of nitrogens with zero attached hydrogens (tertiary/aromatic N) is 1. The quantitative estimate of drug-likeness (QED) is 0.835. The van der Waals surface area contributed by atoms with Crippen molar-refractivity contribution in [1.29, 1.82) is 0 Å². The number of hydrogen-bond donors (Lipinski definition) is 1. The fraction of sp³-hybridized carbons (Fsp3) is 0.200. The van der Waals surface area contributed by atoms with Gasteiger partial charge in [0, 0.05) is 35.4 Å². The summed E-state index contributed by atoms with van der Waals surface area (Å²) < 4.78 is 0. The molecule has 0 aromatic heterocycles. The van der Waals surface area contributed by atoms with Crippen molar-refractivity contribution in [3.05, 3.63) is 70.8 Å². The summed E-state index contributed by atoms with van der Waals surface area (Å²) in [5, 5.41) is 3.40. The van der Waals surface area contributed by atoms with Gasteiger partial charge in [-0.2, -0.15) is 0 Å². The SMILES string of the molecule is O=C(/C=C/c1cccc(Cl)c1)Nc1cccc(C(=O)N2CCCC2)c1. The van der Waals surface area contributed by atoms with Crippen LogP contribution in [0.5, 0.6) is 0 Å². The second-order valence-electron chi connectivity index (χ2n) is 5.96. The highest BCUT2D eigenvalue weighted by Gasteiger charge is 2.19. The van der Waals surface area contributed by atoms with E-state index >= 15 is 0 Å². The Kier molecular flexibility index (Phi) is 5.51. The Hall–Kier alpha value is -2.59. The molecule has 0 aliphatic carbocycles. The van der Waals surface area contributed by atoms with Crippen molar-refractivity contribution in [3.63, 3.8) is 0 Å². The largest absolute Gasteiger partial charge is 0.339 e. The molecule has 5 heteroatoms. The molecule has 3 rings (SSSR count). The molecule has 0 saturated carbocycles. The number of halogens is 1. The fourth-order valence-electron chi connectivity index (χ4n) is 2.80. The number of amides is 2. The molecule has 1 fully saturated rings. The summed E-state index contributed by atoms with van der Waals surface area (Å²) in [6.07, 6.45) is 5.24. The van der Waals surface area contributed by atoms with Gasteiger partial charge in [-0.05, 0) is 54.8 Å². The third kappa shape index (κ3) is 4.70. The van der Waals surface area contributed by atoms with Crippen molar-refractivity contribution in [2.75, 3.05) is 18.4 Å². The number of anilines is 1. The zero-order chi connectivity index (χ0) is 17.6. The molecule has 0 radical (unpaired) electrons. The van der Waals surface area contributed by atoms with E-state index in [2.05, 4.69) is 5.32 Å². The predicted octanol–water partition coefficient (Wildman–Crippen LogP) is 4.23. The van der Waals surface area contributed by atoms with Crippen LogP contribution >= 0.6 is 11.6 Å². The average Bonchev–Trinajstić information content (AvgIpc) is 3.14. The van der Waals surface area contributed by atoms with Gasteiger partial charge in [-0.3, -0.25) is 9.59 Å². The van der Waals surface area contributed by atoms with Gasteiger partial charge in [-0.25, -0.2) is 0 Å². The third-order valence-electron chi connectivity index (χ3n) is 4.05. The van der Waals surface area contributed by atoms with Gasteiger partial charge in [0.05, 0.1) is 0 Å². The molecule has 1 saturated heterocycles. The molecule has 25 heavy (non-hydrogen) atoms. The molecule has 4 nitrogen and oxygen atoms in total. The fourth-order valence-corrected chi connectivity index (χ4v) is 3.00. The number of likely N-dealkylation sites (tertiary alicyclic amines) is 1. The number of carbonyl (C=O) groups excluding carboxylic acids is 2. The van der Waals surface area contributed by atoms with Crippen LogP contribution in [0, 0.1) is 0 Å². The maximum Gasteiger partial charge on any atom is 0.253 e. The molecular weight excluding hydrogens is 336 g/mol. The van der Waals surface area contributed by atoms with Crippen LogP contribution in [0.3, 0.4) is 0 Å². The van der Waals surface area contributed by atoms with Crippen molar-refractivity contribution in [2.24, 2.45) is 0 Å². The van der Waals surface area contributed by atoms with Crippen LogP contribution in [-0.4, -0.2) is 29.8 Å². The summed E-state index contributed by atoms with van der Waals surface area (Å²) in [5.41, 5.74) is 2.05. The zero-order valence-electron chi connectivity index (χ0n) is 13.7. The highest BCUT2D eigenvalue weighted by molar-refractivity contribution is 6.30. The first-order chi connectivity index (χ1) is 12.1. The minimum Gasteiger partial charge on any atom is -0.339 e. The maximum absolute atomic E-state index is 12.4. The minimum atomic E-state index is -0.259. The highest BCUT2D eigenvalue weighted by Crippen LogP contribution is 2.17. The monoisotopic (exact) mass is 354 g/mol. The van der Waals surface area contributed by atoms with Gasteiger partial charge in [0.25, 0.3) is 5.91 Å². The van der Waals surface area contributed by atoms with Crippen molar-refractivity contribution < 1.29 is 9.59 Å². The van der Waals surface area contributed by atoms with E-state index in [1.807, 2.05) is 17.0 Å². The lowest BCUT2D eigenvalue weighted by molar-refractivity contribution is -0.111. The van der Waals surface area contributed by atoms with Crippen LogP contribution in [-0.2, 0) is 4.79 Å². The van der Waals surface area contributed by atoms with Gasteiger partial charge >= 0.3 is 0 Å². The molecule has 1 N–H and O–H groups in total. The lowest BCUT2D eigenvalue weighted by atomic mass is 10.1. The van der Waals surface area contributed by atoms with Crippen molar-refractivity contribution >= 4 is 35.2 Å². The molecule has 2 aromatic carbocycles. The number of carbonyl (C=O) groups is 2. The molecule has 2 amide bonds. The summed E-state index contributed by atoms with van der Waals surface area (Å²) in [6.45, 7) is 1.61. The molecular formula is C20H19ClN2O2. The first-order valence-corrected chi connectivity index (χ1v) is 8.63. The van der Waals surface area contributed by atoms with E-state index < -0.39 is 0 Å². The number of nitrogens with one attached hydrogen (secondary N) is 1. The van der Waals surface area contributed by atoms with Gasteiger partial charge in [0.2, 0.25) is 5.91 Å². The van der Waals surface area contributed by atoms with Crippen LogP contribution in [0.15, 0.2) is 54.6 Å². The second kappa shape index (κ2) is 7.99. The van der Waals surface area contributed by atoms with Gasteiger partial charge in [-0.1, -0.05) is 29.8 Å². The summed E-state index contributed by atoms with van der Waals surface area (Å²) in [7, 11) is 0. The summed E-state index contributed by atoms with van der Waals surface area (Å²) >= 11 is 5.92. The second-order valence-corrected chi connectivity index (χ2v) is 6.39. The molecule has 1 aliphatic rings. The molecule has 1 aliphatic heterocycles. The molecule has 1 heterocycles. The van der Waals surface area contributed by atoms with Crippen LogP contribution in [0.4, 0.5) is 5.69 Å². The van der Waals surface area contributed by atoms with Crippen LogP contribution in [0.25, 0.3) is 6.08 Å². The van der Waals surface area contributed by atoms with E-state index in [4.69, 9.17) is 11.6 Å². The molecule has 2 aromatic rings. The zero-order valence-corrected chi connectivity index (χ0v) is 14.5. The van der Waals surface area contributed by atoms with Gasteiger partial charge in [0.1, 0.15) is 0 Å². The van der Waals surface area contributed by atoms with Crippen LogP contribution in [0.2, 0.25) is 5.02 Å². The highest BCUT2D eigenvalue weighted by atomic mass is 35.5. The first-order valence-electron chi connectivity index (χ1n) is 8.26. The van der Waals surface area contributed by atoms with E-state index in [1.54, 1.807) is 42.5 Å². The van der Waals surface area contributed by atoms with E-state index in [-0.39, 0.29) is 11.8 Å². The molecule has 0 spiro atoms. The molecule has 0 unspecified atom stereocenters. The summed E-state index contributed by atoms with van der Waals surface area (Å²) in [4.78, 5) is 26.3. The first kappa shape index (κ1) is 17.2. The predicted molar refractivity (Wildman–Crippen MR) is 101 cm³/mol. The lowest BCUT2D eigenvalue weighted by Crippen LogP contribution is -2.27. The van der Waals surface area contributed by atoms with Gasteiger partial charge < -0.3 is 10.2 Å². The number of benzene rings is 2. The Bertz CT molecular complexity index is 811. The van der Waals surface area contributed by atoms with E-state index in [0.29, 0.717) is 16.3 Å². The van der Waals surface area contributed by atoms with E-state index in [9.17, 15) is 9.59 Å². The van der Waals surface area contributed by atoms with Crippen molar-refractivity contribution in [2.45, 2.75) is 12.8 Å². The Morgan fingerprint density at radius 1 is 1.04 bits per heavy atom. The maximum atomic E-state index is 12.4. The summed E-state index contributed by atoms with van der Waals surface area (Å²) in [5.74, 6) is -0.242. The van der Waals surface area contributed by atoms with E-state index in [1.165, 1.54) is 6.08 Å². The molecule has 0 atom stereocenters. The normalized spacial score (nSPS) is 14.0. The Labute approximate surface area is 152 Å². The van der Waals surface area contributed by atoms with Crippen molar-refractivity contribution in [1.82, 2.24) is 4.90 Å². The van der Waals surface area contributed by atoms with Gasteiger partial charge in [-0.15, -0.1) is 0 Å². The Morgan fingerprint density at radius 2 is 1.80 bits per heavy atom. The molecule has 128 valence electrons. The minimum absolute atomic E-state index is 0.0167. The van der Waals surface area contributed by atoms with Gasteiger partial charge in [0.15, 0.2) is 0 Å². The average molecular weight is 355 g/mol. The Balaban J connectivity index is 1.65.